The Labute approximate surface area is 148 Å². The number of hydrogen-bond donors (Lipinski definition) is 0. The Bertz CT molecular complexity index is 964. The molecule has 6 nitrogen and oxygen atoms in total. The van der Waals surface area contributed by atoms with Crippen LogP contribution in [0.2, 0.25) is 5.02 Å². The lowest BCUT2D eigenvalue weighted by Gasteiger charge is -2.03. The van der Waals surface area contributed by atoms with Crippen LogP contribution in [0.5, 0.6) is 0 Å². The number of esters is 1. The van der Waals surface area contributed by atoms with Crippen molar-refractivity contribution in [1.29, 1.82) is 0 Å². The zero-order valence-corrected chi connectivity index (χ0v) is 14.2. The maximum atomic E-state index is 12.0. The summed E-state index contributed by atoms with van der Waals surface area (Å²) in [5, 5.41) is 11.0. The number of hydrogen-bond acceptors (Lipinski definition) is 5. The van der Waals surface area contributed by atoms with E-state index in [0.29, 0.717) is 11.1 Å². The van der Waals surface area contributed by atoms with E-state index in [4.69, 9.17) is 16.3 Å². The van der Waals surface area contributed by atoms with Gasteiger partial charge in [-0.2, -0.15) is 0 Å². The van der Waals surface area contributed by atoms with Crippen molar-refractivity contribution in [3.05, 3.63) is 79.5 Å². The van der Waals surface area contributed by atoms with Crippen molar-refractivity contribution < 1.29 is 14.5 Å². The highest BCUT2D eigenvalue weighted by atomic mass is 35.5. The van der Waals surface area contributed by atoms with Crippen molar-refractivity contribution in [3.63, 3.8) is 0 Å². The molecular weight excluding hydrogens is 344 g/mol. The van der Waals surface area contributed by atoms with E-state index in [1.54, 1.807) is 6.07 Å². The summed E-state index contributed by atoms with van der Waals surface area (Å²) in [5.41, 5.74) is 3.15. The highest BCUT2D eigenvalue weighted by Gasteiger charge is 2.24. The van der Waals surface area contributed by atoms with Crippen LogP contribution in [0, 0.1) is 24.0 Å². The van der Waals surface area contributed by atoms with Gasteiger partial charge in [-0.3, -0.25) is 10.1 Å². The van der Waals surface area contributed by atoms with Crippen LogP contribution in [0.4, 0.5) is 5.69 Å². The smallest absolute Gasteiger partial charge is 0.363 e. The summed E-state index contributed by atoms with van der Waals surface area (Å²) in [4.78, 5) is 26.6. The minimum atomic E-state index is -0.606. The molecule has 0 bridgehead atoms. The molecule has 1 aliphatic rings. The summed E-state index contributed by atoms with van der Waals surface area (Å²) in [6.45, 7) is 3.94. The van der Waals surface area contributed by atoms with E-state index in [0.717, 1.165) is 11.1 Å². The quantitative estimate of drug-likeness (QED) is 0.357. The summed E-state index contributed by atoms with van der Waals surface area (Å²) in [6.07, 6.45) is 1.43. The van der Waals surface area contributed by atoms with Crippen molar-refractivity contribution >= 4 is 35.2 Å². The molecule has 0 atom stereocenters. The third-order valence-electron chi connectivity index (χ3n) is 3.84. The second kappa shape index (κ2) is 6.49. The summed E-state index contributed by atoms with van der Waals surface area (Å²) in [5.74, 6) is -0.395. The number of rotatable bonds is 3. The van der Waals surface area contributed by atoms with Crippen molar-refractivity contribution in [3.8, 4) is 0 Å². The Morgan fingerprint density at radius 3 is 2.60 bits per heavy atom. The molecule has 1 heterocycles. The SMILES string of the molecule is Cc1ccc(C2=N/C(=C\c3ccc(Cl)c([N+](=O)[O-])c3)C(=O)O2)cc1C. The van der Waals surface area contributed by atoms with Crippen LogP contribution in [0.3, 0.4) is 0 Å². The third kappa shape index (κ3) is 3.44. The molecule has 2 aromatic carbocycles. The van der Waals surface area contributed by atoms with E-state index in [2.05, 4.69) is 4.99 Å². The molecule has 0 fully saturated rings. The number of cyclic esters (lactones) is 1. The highest BCUT2D eigenvalue weighted by molar-refractivity contribution is 6.32. The second-order valence-corrected chi connectivity index (χ2v) is 6.01. The molecule has 0 amide bonds. The maximum Gasteiger partial charge on any atom is 0.363 e. The Morgan fingerprint density at radius 2 is 1.92 bits per heavy atom. The zero-order valence-electron chi connectivity index (χ0n) is 13.4. The molecule has 2 aromatic rings. The van der Waals surface area contributed by atoms with Crippen LogP contribution in [-0.4, -0.2) is 16.8 Å². The van der Waals surface area contributed by atoms with Gasteiger partial charge < -0.3 is 4.74 Å². The van der Waals surface area contributed by atoms with Gasteiger partial charge in [-0.1, -0.05) is 23.7 Å². The van der Waals surface area contributed by atoms with E-state index < -0.39 is 10.9 Å². The van der Waals surface area contributed by atoms with Gasteiger partial charge in [-0.15, -0.1) is 0 Å². The van der Waals surface area contributed by atoms with Gasteiger partial charge in [-0.05, 0) is 54.8 Å². The van der Waals surface area contributed by atoms with Gasteiger partial charge in [0.25, 0.3) is 5.69 Å². The molecule has 0 N–H and O–H groups in total. The van der Waals surface area contributed by atoms with Crippen LogP contribution in [0.1, 0.15) is 22.3 Å². The van der Waals surface area contributed by atoms with Crippen molar-refractivity contribution in [2.24, 2.45) is 4.99 Å². The first-order valence-corrected chi connectivity index (χ1v) is 7.77. The summed E-state index contributed by atoms with van der Waals surface area (Å²) >= 11 is 5.79. The number of aryl methyl sites for hydroxylation is 2. The molecule has 25 heavy (non-hydrogen) atoms. The molecule has 0 saturated heterocycles. The van der Waals surface area contributed by atoms with Crippen molar-refractivity contribution in [2.45, 2.75) is 13.8 Å². The molecule has 0 saturated carbocycles. The lowest BCUT2D eigenvalue weighted by Crippen LogP contribution is -2.05. The van der Waals surface area contributed by atoms with E-state index in [1.165, 1.54) is 18.2 Å². The number of aliphatic imine (C=N–C) groups is 1. The highest BCUT2D eigenvalue weighted by Crippen LogP contribution is 2.27. The number of nitro benzene ring substituents is 1. The Morgan fingerprint density at radius 1 is 1.16 bits per heavy atom. The van der Waals surface area contributed by atoms with Crippen LogP contribution in [0.15, 0.2) is 47.1 Å². The average Bonchev–Trinajstić information content (AvgIpc) is 2.92. The van der Waals surface area contributed by atoms with E-state index in [1.807, 2.05) is 32.0 Å². The van der Waals surface area contributed by atoms with Gasteiger partial charge in [0, 0.05) is 11.6 Å². The lowest BCUT2D eigenvalue weighted by atomic mass is 10.1. The third-order valence-corrected chi connectivity index (χ3v) is 4.16. The minimum absolute atomic E-state index is 0.0282. The normalized spacial score (nSPS) is 15.2. The van der Waals surface area contributed by atoms with Gasteiger partial charge >= 0.3 is 5.97 Å². The minimum Gasteiger partial charge on any atom is -0.402 e. The molecule has 1 aliphatic heterocycles. The molecule has 0 aliphatic carbocycles. The topological polar surface area (TPSA) is 81.8 Å². The number of nitrogens with zero attached hydrogens (tertiary/aromatic N) is 2. The Balaban J connectivity index is 1.97. The van der Waals surface area contributed by atoms with Crippen LogP contribution in [-0.2, 0) is 9.53 Å². The molecule has 0 unspecified atom stereocenters. The van der Waals surface area contributed by atoms with E-state index >= 15 is 0 Å². The van der Waals surface area contributed by atoms with Crippen molar-refractivity contribution in [1.82, 2.24) is 0 Å². The number of carbonyl (C=O) groups excluding carboxylic acids is 1. The molecule has 0 radical (unpaired) electrons. The monoisotopic (exact) mass is 356 g/mol. The largest absolute Gasteiger partial charge is 0.402 e. The maximum absolute atomic E-state index is 12.0. The fraction of sp³-hybridized carbons (Fsp3) is 0.111. The molecule has 0 spiro atoms. The van der Waals surface area contributed by atoms with Crippen LogP contribution < -0.4 is 0 Å². The van der Waals surface area contributed by atoms with Crippen LogP contribution in [0.25, 0.3) is 6.08 Å². The van der Waals surface area contributed by atoms with Crippen LogP contribution >= 0.6 is 11.6 Å². The van der Waals surface area contributed by atoms with Gasteiger partial charge in [0.1, 0.15) is 5.02 Å². The summed E-state index contributed by atoms with van der Waals surface area (Å²) in [7, 11) is 0. The van der Waals surface area contributed by atoms with Gasteiger partial charge in [-0.25, -0.2) is 9.79 Å². The zero-order chi connectivity index (χ0) is 18.1. The molecule has 126 valence electrons. The molecule has 3 rings (SSSR count). The number of ether oxygens (including phenoxy) is 1. The first kappa shape index (κ1) is 16.9. The van der Waals surface area contributed by atoms with Gasteiger partial charge in [0.05, 0.1) is 4.92 Å². The first-order valence-electron chi connectivity index (χ1n) is 7.39. The first-order chi connectivity index (χ1) is 11.8. The number of nitro groups is 1. The molecule has 7 heteroatoms. The molecular formula is C18H13ClN2O4. The van der Waals surface area contributed by atoms with Gasteiger partial charge in [0.2, 0.25) is 5.90 Å². The lowest BCUT2D eigenvalue weighted by molar-refractivity contribution is -0.384. The second-order valence-electron chi connectivity index (χ2n) is 5.60. The average molecular weight is 357 g/mol. The fourth-order valence-electron chi connectivity index (χ4n) is 2.32. The summed E-state index contributed by atoms with van der Waals surface area (Å²) < 4.78 is 5.21. The van der Waals surface area contributed by atoms with E-state index in [-0.39, 0.29) is 22.3 Å². The van der Waals surface area contributed by atoms with Crippen molar-refractivity contribution in [2.75, 3.05) is 0 Å². The van der Waals surface area contributed by atoms with Gasteiger partial charge in [0.15, 0.2) is 5.70 Å². The fourth-order valence-corrected chi connectivity index (χ4v) is 2.51. The number of benzene rings is 2. The predicted octanol–water partition coefficient (Wildman–Crippen LogP) is 4.21. The standard InChI is InChI=1S/C18H13ClN2O4/c1-10-3-5-13(7-11(10)2)17-20-15(18(22)25-17)8-12-4-6-14(19)16(9-12)21(23)24/h3-9H,1-2H3/b15-8-. The Hall–Kier alpha value is -2.99. The molecule has 0 aromatic heterocycles. The number of carbonyl (C=O) groups is 1. The Kier molecular flexibility index (Phi) is 4.37. The van der Waals surface area contributed by atoms with E-state index in [9.17, 15) is 14.9 Å². The number of halogens is 1. The predicted molar refractivity (Wildman–Crippen MR) is 94.6 cm³/mol. The summed E-state index contributed by atoms with van der Waals surface area (Å²) in [6, 6.07) is 9.89.